The van der Waals surface area contributed by atoms with E-state index in [-0.39, 0.29) is 11.5 Å². The molecule has 3 atom stereocenters. The van der Waals surface area contributed by atoms with Gasteiger partial charge in [-0.05, 0) is 32.1 Å². The molecule has 0 aromatic heterocycles. The van der Waals surface area contributed by atoms with Gasteiger partial charge >= 0.3 is 0 Å². The molecule has 1 N–H and O–H groups in total. The summed E-state index contributed by atoms with van der Waals surface area (Å²) in [5, 5.41) is 9.99. The van der Waals surface area contributed by atoms with E-state index >= 15 is 0 Å². The van der Waals surface area contributed by atoms with Crippen molar-refractivity contribution in [2.75, 3.05) is 0 Å². The second-order valence-electron chi connectivity index (χ2n) is 4.57. The van der Waals surface area contributed by atoms with Crippen LogP contribution < -0.4 is 0 Å². The Morgan fingerprint density at radius 1 is 1.46 bits per heavy atom. The molecule has 0 amide bonds. The Balaban J connectivity index is 2.37. The predicted octanol–water partition coefficient (Wildman–Crippen LogP) is 2.67. The van der Waals surface area contributed by atoms with E-state index in [0.29, 0.717) is 5.92 Å². The van der Waals surface area contributed by atoms with Gasteiger partial charge in [0.05, 0.1) is 6.10 Å². The molecular weight excluding hydrogens is 160 g/mol. The van der Waals surface area contributed by atoms with E-state index in [1.165, 1.54) is 5.57 Å². The minimum Gasteiger partial charge on any atom is -0.392 e. The molecule has 0 spiro atoms. The fourth-order valence-corrected chi connectivity index (χ4v) is 2.72. The third-order valence-corrected chi connectivity index (χ3v) is 3.66. The lowest BCUT2D eigenvalue weighted by Crippen LogP contribution is -2.39. The summed E-state index contributed by atoms with van der Waals surface area (Å²) in [4.78, 5) is 0. The van der Waals surface area contributed by atoms with Crippen LogP contribution in [0.1, 0.15) is 33.1 Å². The second kappa shape index (κ2) is 2.98. The quantitative estimate of drug-likeness (QED) is 0.565. The van der Waals surface area contributed by atoms with Crippen LogP contribution in [0.5, 0.6) is 0 Å². The van der Waals surface area contributed by atoms with Crippen molar-refractivity contribution >= 4 is 0 Å². The van der Waals surface area contributed by atoms with Crippen LogP contribution in [-0.4, -0.2) is 11.2 Å². The minimum absolute atomic E-state index is 0.0596. The first-order valence-electron chi connectivity index (χ1n) is 5.21. The van der Waals surface area contributed by atoms with E-state index in [9.17, 15) is 5.11 Å². The third kappa shape index (κ3) is 1.26. The monoisotopic (exact) mass is 178 g/mol. The fourth-order valence-electron chi connectivity index (χ4n) is 2.72. The highest BCUT2D eigenvalue weighted by atomic mass is 16.3. The summed E-state index contributed by atoms with van der Waals surface area (Å²) >= 11 is 0. The van der Waals surface area contributed by atoms with Crippen LogP contribution in [0.3, 0.4) is 0 Å². The van der Waals surface area contributed by atoms with Gasteiger partial charge in [-0.25, -0.2) is 0 Å². The molecule has 2 aliphatic carbocycles. The third-order valence-electron chi connectivity index (χ3n) is 3.66. The predicted molar refractivity (Wildman–Crippen MR) is 54.4 cm³/mol. The summed E-state index contributed by atoms with van der Waals surface area (Å²) in [6, 6.07) is 0. The van der Waals surface area contributed by atoms with Crippen LogP contribution in [0.4, 0.5) is 0 Å². The Labute approximate surface area is 80.2 Å². The SMILES string of the molecule is CC1CCC(O)C2(C)C=CCC=C12. The lowest BCUT2D eigenvalue weighted by atomic mass is 9.63. The Kier molecular flexibility index (Phi) is 2.07. The smallest absolute Gasteiger partial charge is 0.0665 e. The lowest BCUT2D eigenvalue weighted by molar-refractivity contribution is 0.0524. The zero-order valence-corrected chi connectivity index (χ0v) is 8.46. The molecule has 0 bridgehead atoms. The minimum atomic E-state index is -0.175. The molecule has 0 aliphatic heterocycles. The number of hydrogen-bond donors (Lipinski definition) is 1. The molecular formula is C12H18O. The van der Waals surface area contributed by atoms with Gasteiger partial charge in [0.1, 0.15) is 0 Å². The molecule has 72 valence electrons. The molecule has 1 saturated carbocycles. The number of hydrogen-bond acceptors (Lipinski definition) is 1. The summed E-state index contributed by atoms with van der Waals surface area (Å²) in [5.41, 5.74) is 1.39. The van der Waals surface area contributed by atoms with E-state index in [0.717, 1.165) is 19.3 Å². The van der Waals surface area contributed by atoms with Crippen LogP contribution in [0.25, 0.3) is 0 Å². The van der Waals surface area contributed by atoms with E-state index < -0.39 is 0 Å². The maximum atomic E-state index is 9.99. The average molecular weight is 178 g/mol. The summed E-state index contributed by atoms with van der Waals surface area (Å²) in [7, 11) is 0. The molecule has 0 heterocycles. The standard InChI is InChI=1S/C12H18O/c1-9-6-7-11(13)12(2)8-4-3-5-10(9)12/h4-5,8-9,11,13H,3,6-7H2,1-2H3. The van der Waals surface area contributed by atoms with Gasteiger partial charge in [-0.1, -0.05) is 30.7 Å². The maximum Gasteiger partial charge on any atom is 0.0665 e. The molecule has 1 nitrogen and oxygen atoms in total. The molecule has 0 radical (unpaired) electrons. The fraction of sp³-hybridized carbons (Fsp3) is 0.667. The van der Waals surface area contributed by atoms with Crippen molar-refractivity contribution in [1.82, 2.24) is 0 Å². The average Bonchev–Trinajstić information content (AvgIpc) is 2.12. The van der Waals surface area contributed by atoms with Gasteiger partial charge in [0.2, 0.25) is 0 Å². The molecule has 3 unspecified atom stereocenters. The largest absolute Gasteiger partial charge is 0.392 e. The zero-order valence-electron chi connectivity index (χ0n) is 8.46. The summed E-state index contributed by atoms with van der Waals surface area (Å²) < 4.78 is 0. The van der Waals surface area contributed by atoms with Gasteiger partial charge in [0.25, 0.3) is 0 Å². The Bertz CT molecular complexity index is 264. The van der Waals surface area contributed by atoms with Crippen LogP contribution in [0.15, 0.2) is 23.8 Å². The zero-order chi connectivity index (χ0) is 9.47. The molecule has 1 fully saturated rings. The molecule has 0 aromatic carbocycles. The van der Waals surface area contributed by atoms with Crippen molar-refractivity contribution in [3.05, 3.63) is 23.8 Å². The first kappa shape index (κ1) is 9.01. The Hall–Kier alpha value is -0.560. The number of fused-ring (bicyclic) bond motifs is 1. The van der Waals surface area contributed by atoms with Crippen molar-refractivity contribution in [2.45, 2.75) is 39.2 Å². The van der Waals surface area contributed by atoms with Gasteiger partial charge < -0.3 is 5.11 Å². The van der Waals surface area contributed by atoms with Crippen LogP contribution >= 0.6 is 0 Å². The van der Waals surface area contributed by atoms with Crippen molar-refractivity contribution in [3.63, 3.8) is 0 Å². The van der Waals surface area contributed by atoms with Gasteiger partial charge in [-0.3, -0.25) is 0 Å². The van der Waals surface area contributed by atoms with Crippen molar-refractivity contribution < 1.29 is 5.11 Å². The Morgan fingerprint density at radius 2 is 2.23 bits per heavy atom. The molecule has 2 aliphatic rings. The highest BCUT2D eigenvalue weighted by Crippen LogP contribution is 2.46. The van der Waals surface area contributed by atoms with Crippen LogP contribution in [0.2, 0.25) is 0 Å². The summed E-state index contributed by atoms with van der Waals surface area (Å²) in [6.07, 6.45) is 9.62. The van der Waals surface area contributed by atoms with E-state index in [1.807, 2.05) is 0 Å². The van der Waals surface area contributed by atoms with Gasteiger partial charge in [-0.2, -0.15) is 0 Å². The topological polar surface area (TPSA) is 20.2 Å². The highest BCUT2D eigenvalue weighted by Gasteiger charge is 2.40. The summed E-state index contributed by atoms with van der Waals surface area (Å²) in [6.45, 7) is 4.43. The summed E-state index contributed by atoms with van der Waals surface area (Å²) in [5.74, 6) is 0.651. The van der Waals surface area contributed by atoms with Gasteiger partial charge in [0.15, 0.2) is 0 Å². The first-order chi connectivity index (χ1) is 6.14. The van der Waals surface area contributed by atoms with Crippen LogP contribution in [0, 0.1) is 11.3 Å². The van der Waals surface area contributed by atoms with Crippen LogP contribution in [-0.2, 0) is 0 Å². The second-order valence-corrected chi connectivity index (χ2v) is 4.57. The van der Waals surface area contributed by atoms with Crippen molar-refractivity contribution in [3.8, 4) is 0 Å². The Morgan fingerprint density at radius 3 is 2.92 bits per heavy atom. The number of aliphatic hydroxyl groups excluding tert-OH is 1. The van der Waals surface area contributed by atoms with Gasteiger partial charge in [0, 0.05) is 5.41 Å². The van der Waals surface area contributed by atoms with E-state index in [4.69, 9.17) is 0 Å². The lowest BCUT2D eigenvalue weighted by Gasteiger charge is -2.43. The maximum absolute atomic E-state index is 9.99. The number of aliphatic hydroxyl groups is 1. The molecule has 13 heavy (non-hydrogen) atoms. The highest BCUT2D eigenvalue weighted by molar-refractivity contribution is 5.31. The number of rotatable bonds is 0. The molecule has 0 saturated heterocycles. The van der Waals surface area contributed by atoms with Crippen molar-refractivity contribution in [2.24, 2.45) is 11.3 Å². The number of allylic oxidation sites excluding steroid dienone is 2. The normalized spacial score (nSPS) is 44.1. The van der Waals surface area contributed by atoms with Crippen molar-refractivity contribution in [1.29, 1.82) is 0 Å². The molecule has 2 rings (SSSR count). The van der Waals surface area contributed by atoms with E-state index in [2.05, 4.69) is 32.1 Å². The molecule has 0 aromatic rings. The van der Waals surface area contributed by atoms with Gasteiger partial charge in [-0.15, -0.1) is 0 Å². The molecule has 1 heteroatoms. The first-order valence-corrected chi connectivity index (χ1v) is 5.21. The van der Waals surface area contributed by atoms with E-state index in [1.54, 1.807) is 0 Å².